The van der Waals surface area contributed by atoms with Gasteiger partial charge in [0.1, 0.15) is 0 Å². The SMILES string of the molecule is CCNC(=NCCCCN1C(=O)c2ccccc2C1=O)Nc1ccc(OC)c(OC)c1. The largest absolute Gasteiger partial charge is 0.493 e. The number of methoxy groups -OCH3 is 2. The molecule has 0 aromatic heterocycles. The number of anilines is 1. The van der Waals surface area contributed by atoms with Crippen molar-refractivity contribution in [1.82, 2.24) is 10.2 Å². The molecule has 1 heterocycles. The number of rotatable bonds is 9. The lowest BCUT2D eigenvalue weighted by Crippen LogP contribution is -2.31. The van der Waals surface area contributed by atoms with E-state index in [9.17, 15) is 9.59 Å². The number of imide groups is 1. The standard InChI is InChI=1S/C23H28N4O4/c1-4-24-23(26-16-11-12-19(30-2)20(15-16)31-3)25-13-7-8-14-27-21(28)17-9-5-6-10-18(17)22(27)29/h5-6,9-12,15H,4,7-8,13-14H2,1-3H3,(H2,24,25,26). The van der Waals surface area contributed by atoms with Crippen molar-refractivity contribution < 1.29 is 19.1 Å². The summed E-state index contributed by atoms with van der Waals surface area (Å²) in [6.07, 6.45) is 1.43. The van der Waals surface area contributed by atoms with Gasteiger partial charge in [0.2, 0.25) is 0 Å². The van der Waals surface area contributed by atoms with Crippen molar-refractivity contribution in [2.45, 2.75) is 19.8 Å². The molecule has 2 N–H and O–H groups in total. The summed E-state index contributed by atoms with van der Waals surface area (Å²) in [6.45, 7) is 3.66. The smallest absolute Gasteiger partial charge is 0.261 e. The summed E-state index contributed by atoms with van der Waals surface area (Å²) in [6, 6.07) is 12.5. The second kappa shape index (κ2) is 10.5. The highest BCUT2D eigenvalue weighted by atomic mass is 16.5. The van der Waals surface area contributed by atoms with Crippen molar-refractivity contribution in [3.63, 3.8) is 0 Å². The van der Waals surface area contributed by atoms with E-state index in [1.165, 1.54) is 4.90 Å². The average molecular weight is 425 g/mol. The van der Waals surface area contributed by atoms with Gasteiger partial charge in [-0.05, 0) is 44.0 Å². The summed E-state index contributed by atoms with van der Waals surface area (Å²) in [5.41, 5.74) is 1.79. The Morgan fingerprint density at radius 1 is 0.968 bits per heavy atom. The Morgan fingerprint density at radius 3 is 2.26 bits per heavy atom. The Balaban J connectivity index is 1.53. The molecule has 8 heteroatoms. The number of hydrogen-bond donors (Lipinski definition) is 2. The number of aliphatic imine (C=N–C) groups is 1. The summed E-state index contributed by atoms with van der Waals surface area (Å²) >= 11 is 0. The lowest BCUT2D eigenvalue weighted by molar-refractivity contribution is 0.0652. The number of fused-ring (bicyclic) bond motifs is 1. The van der Waals surface area contributed by atoms with E-state index < -0.39 is 0 Å². The fourth-order valence-corrected chi connectivity index (χ4v) is 3.37. The number of hydrogen-bond acceptors (Lipinski definition) is 5. The molecule has 0 saturated carbocycles. The van der Waals surface area contributed by atoms with Crippen LogP contribution < -0.4 is 20.1 Å². The minimum absolute atomic E-state index is 0.215. The van der Waals surface area contributed by atoms with E-state index in [1.807, 2.05) is 25.1 Å². The minimum Gasteiger partial charge on any atom is -0.493 e. The van der Waals surface area contributed by atoms with E-state index in [0.717, 1.165) is 12.1 Å². The van der Waals surface area contributed by atoms with Gasteiger partial charge in [-0.15, -0.1) is 0 Å². The monoisotopic (exact) mass is 424 g/mol. The quantitative estimate of drug-likeness (QED) is 0.278. The number of nitrogens with one attached hydrogen (secondary N) is 2. The molecule has 164 valence electrons. The van der Waals surface area contributed by atoms with Crippen molar-refractivity contribution in [1.29, 1.82) is 0 Å². The fourth-order valence-electron chi connectivity index (χ4n) is 3.37. The van der Waals surface area contributed by atoms with Gasteiger partial charge in [0, 0.05) is 31.4 Å². The van der Waals surface area contributed by atoms with Crippen LogP contribution in [-0.4, -0.2) is 56.5 Å². The van der Waals surface area contributed by atoms with Crippen LogP contribution in [0.1, 0.15) is 40.5 Å². The Hall–Kier alpha value is -3.55. The van der Waals surface area contributed by atoms with Crippen LogP contribution in [0.5, 0.6) is 11.5 Å². The third kappa shape index (κ3) is 5.14. The molecule has 0 atom stereocenters. The maximum Gasteiger partial charge on any atom is 0.261 e. The molecule has 0 saturated heterocycles. The van der Waals surface area contributed by atoms with Crippen LogP contribution in [0.2, 0.25) is 0 Å². The normalized spacial score (nSPS) is 13.3. The van der Waals surface area contributed by atoms with Crippen LogP contribution in [0.3, 0.4) is 0 Å². The van der Waals surface area contributed by atoms with Gasteiger partial charge in [0.15, 0.2) is 17.5 Å². The topological polar surface area (TPSA) is 92.3 Å². The Kier molecular flexibility index (Phi) is 7.48. The third-order valence-electron chi connectivity index (χ3n) is 4.93. The molecular formula is C23H28N4O4. The Labute approximate surface area is 182 Å². The molecule has 8 nitrogen and oxygen atoms in total. The van der Waals surface area contributed by atoms with Crippen LogP contribution in [0.4, 0.5) is 5.69 Å². The van der Waals surface area contributed by atoms with E-state index in [-0.39, 0.29) is 11.8 Å². The molecule has 0 aliphatic carbocycles. The first-order valence-electron chi connectivity index (χ1n) is 10.3. The van der Waals surface area contributed by atoms with Crippen molar-refractivity contribution in [2.24, 2.45) is 4.99 Å². The number of amides is 2. The molecule has 2 amide bonds. The van der Waals surface area contributed by atoms with Crippen molar-refractivity contribution in [3.8, 4) is 11.5 Å². The van der Waals surface area contributed by atoms with Crippen LogP contribution in [0, 0.1) is 0 Å². The molecule has 2 aromatic carbocycles. The highest BCUT2D eigenvalue weighted by Crippen LogP contribution is 2.29. The first kappa shape index (κ1) is 22.1. The van der Waals surface area contributed by atoms with E-state index in [2.05, 4.69) is 15.6 Å². The second-order valence-corrected chi connectivity index (χ2v) is 6.97. The first-order valence-corrected chi connectivity index (χ1v) is 10.3. The summed E-state index contributed by atoms with van der Waals surface area (Å²) in [5, 5.41) is 6.45. The van der Waals surface area contributed by atoms with Gasteiger partial charge in [-0.1, -0.05) is 12.1 Å². The molecule has 2 aromatic rings. The van der Waals surface area contributed by atoms with Gasteiger partial charge in [-0.25, -0.2) is 0 Å². The number of ether oxygens (including phenoxy) is 2. The Morgan fingerprint density at radius 2 is 1.65 bits per heavy atom. The highest BCUT2D eigenvalue weighted by Gasteiger charge is 2.34. The average Bonchev–Trinajstić information content (AvgIpc) is 3.03. The third-order valence-corrected chi connectivity index (χ3v) is 4.93. The molecule has 3 rings (SSSR count). The van der Waals surface area contributed by atoms with E-state index in [0.29, 0.717) is 54.6 Å². The van der Waals surface area contributed by atoms with Gasteiger partial charge in [0.05, 0.1) is 25.3 Å². The van der Waals surface area contributed by atoms with E-state index in [4.69, 9.17) is 9.47 Å². The number of unbranched alkanes of at least 4 members (excludes halogenated alkanes) is 1. The summed E-state index contributed by atoms with van der Waals surface area (Å²) in [7, 11) is 3.19. The zero-order chi connectivity index (χ0) is 22.2. The number of carbonyl (C=O) groups excluding carboxylic acids is 2. The molecular weight excluding hydrogens is 396 g/mol. The number of benzene rings is 2. The van der Waals surface area contributed by atoms with Gasteiger partial charge in [0.25, 0.3) is 11.8 Å². The molecule has 1 aliphatic heterocycles. The zero-order valence-corrected chi connectivity index (χ0v) is 18.1. The predicted octanol–water partition coefficient (Wildman–Crippen LogP) is 3.16. The predicted molar refractivity (Wildman–Crippen MR) is 120 cm³/mol. The van der Waals surface area contributed by atoms with Crippen LogP contribution >= 0.6 is 0 Å². The van der Waals surface area contributed by atoms with Crippen LogP contribution in [-0.2, 0) is 0 Å². The lowest BCUT2D eigenvalue weighted by Gasteiger charge is -2.14. The molecule has 1 aliphatic rings. The number of nitrogens with zero attached hydrogens (tertiary/aromatic N) is 2. The van der Waals surface area contributed by atoms with Crippen molar-refractivity contribution in [2.75, 3.05) is 39.2 Å². The number of guanidine groups is 1. The maximum atomic E-state index is 12.4. The van der Waals surface area contributed by atoms with Gasteiger partial charge in [-0.2, -0.15) is 0 Å². The lowest BCUT2D eigenvalue weighted by atomic mass is 10.1. The Bertz CT molecular complexity index is 939. The van der Waals surface area contributed by atoms with E-state index >= 15 is 0 Å². The maximum absolute atomic E-state index is 12.4. The second-order valence-electron chi connectivity index (χ2n) is 6.97. The van der Waals surface area contributed by atoms with E-state index in [1.54, 1.807) is 38.5 Å². The minimum atomic E-state index is -0.215. The van der Waals surface area contributed by atoms with Gasteiger partial charge < -0.3 is 20.1 Å². The molecule has 31 heavy (non-hydrogen) atoms. The molecule has 0 unspecified atom stereocenters. The van der Waals surface area contributed by atoms with Gasteiger partial charge >= 0.3 is 0 Å². The number of carbonyl (C=O) groups is 2. The first-order chi connectivity index (χ1) is 15.1. The van der Waals surface area contributed by atoms with Crippen LogP contribution in [0.15, 0.2) is 47.5 Å². The molecule has 0 radical (unpaired) electrons. The summed E-state index contributed by atoms with van der Waals surface area (Å²) in [4.78, 5) is 30.7. The van der Waals surface area contributed by atoms with Crippen molar-refractivity contribution in [3.05, 3.63) is 53.6 Å². The summed E-state index contributed by atoms with van der Waals surface area (Å²) < 4.78 is 10.6. The van der Waals surface area contributed by atoms with Gasteiger partial charge in [-0.3, -0.25) is 19.5 Å². The zero-order valence-electron chi connectivity index (χ0n) is 18.1. The summed E-state index contributed by atoms with van der Waals surface area (Å²) in [5.74, 6) is 1.50. The highest BCUT2D eigenvalue weighted by molar-refractivity contribution is 6.21. The molecule has 0 bridgehead atoms. The van der Waals surface area contributed by atoms with Crippen molar-refractivity contribution >= 4 is 23.5 Å². The molecule has 0 spiro atoms. The fraction of sp³-hybridized carbons (Fsp3) is 0.348. The molecule has 0 fully saturated rings. The van der Waals surface area contributed by atoms with Crippen LogP contribution in [0.25, 0.3) is 0 Å².